The van der Waals surface area contributed by atoms with Crippen LogP contribution in [0.5, 0.6) is 5.75 Å². The Balaban J connectivity index is 1.82. The lowest BCUT2D eigenvalue weighted by Gasteiger charge is -2.08. The Morgan fingerprint density at radius 2 is 1.86 bits per heavy atom. The van der Waals surface area contributed by atoms with Crippen molar-refractivity contribution < 1.29 is 9.90 Å². The van der Waals surface area contributed by atoms with E-state index in [-0.39, 0.29) is 11.7 Å². The molecule has 2 aromatic carbocycles. The van der Waals surface area contributed by atoms with Gasteiger partial charge in [0.15, 0.2) is 0 Å². The van der Waals surface area contributed by atoms with Crippen LogP contribution in [0.3, 0.4) is 0 Å². The molecule has 4 nitrogen and oxygen atoms in total. The summed E-state index contributed by atoms with van der Waals surface area (Å²) in [5.74, 6) is -0.245. The Morgan fingerprint density at radius 1 is 1.05 bits per heavy atom. The lowest BCUT2D eigenvalue weighted by molar-refractivity contribution is 0.0954. The number of carbonyl (C=O) groups is 1. The van der Waals surface area contributed by atoms with E-state index in [9.17, 15) is 9.90 Å². The fraction of sp³-hybridized carbons (Fsp3) is 0.222. The van der Waals surface area contributed by atoms with Gasteiger partial charge in [-0.2, -0.15) is 5.10 Å². The summed E-state index contributed by atoms with van der Waals surface area (Å²) < 4.78 is 0. The number of nitrogens with zero attached hydrogens (tertiary/aromatic N) is 1. The Labute approximate surface area is 129 Å². The molecule has 2 N–H and O–H groups in total. The Morgan fingerprint density at radius 3 is 2.73 bits per heavy atom. The smallest absolute Gasteiger partial charge is 0.271 e. The van der Waals surface area contributed by atoms with Crippen molar-refractivity contribution in [3.63, 3.8) is 0 Å². The van der Waals surface area contributed by atoms with E-state index < -0.39 is 0 Å². The van der Waals surface area contributed by atoms with Gasteiger partial charge in [0.05, 0.1) is 5.71 Å². The van der Waals surface area contributed by atoms with Crippen LogP contribution >= 0.6 is 0 Å². The van der Waals surface area contributed by atoms with Gasteiger partial charge >= 0.3 is 0 Å². The molecule has 2 aromatic rings. The number of fused-ring (bicyclic) bond motifs is 1. The molecule has 0 heterocycles. The van der Waals surface area contributed by atoms with Crippen LogP contribution in [0.25, 0.3) is 0 Å². The molecule has 22 heavy (non-hydrogen) atoms. The Kier molecular flexibility index (Phi) is 4.19. The minimum Gasteiger partial charge on any atom is -0.508 e. The number of rotatable bonds is 2. The molecule has 0 fully saturated rings. The summed E-state index contributed by atoms with van der Waals surface area (Å²) >= 11 is 0. The number of phenols is 1. The van der Waals surface area contributed by atoms with Gasteiger partial charge in [-0.05, 0) is 49.4 Å². The molecule has 0 saturated carbocycles. The van der Waals surface area contributed by atoms with E-state index in [1.807, 2.05) is 12.1 Å². The molecule has 0 atom stereocenters. The molecular formula is C18H18N2O2. The molecule has 0 saturated heterocycles. The standard InChI is InChI=1S/C18H18N2O2/c21-15-9-5-8-14(12-15)18(22)20-19-17-11-4-2-7-13-6-1-3-10-16(13)17/h1,3,5-6,8-10,12,21H,2,4,7,11H2,(H,20,22)/b19-17+. The second kappa shape index (κ2) is 6.43. The quantitative estimate of drug-likeness (QED) is 0.659. The van der Waals surface area contributed by atoms with E-state index in [1.165, 1.54) is 17.7 Å². The zero-order valence-corrected chi connectivity index (χ0v) is 12.2. The topological polar surface area (TPSA) is 61.7 Å². The maximum Gasteiger partial charge on any atom is 0.271 e. The van der Waals surface area contributed by atoms with Crippen molar-refractivity contribution in [1.82, 2.24) is 5.43 Å². The third-order valence-corrected chi connectivity index (χ3v) is 3.84. The average Bonchev–Trinajstić information content (AvgIpc) is 2.75. The van der Waals surface area contributed by atoms with Gasteiger partial charge in [-0.1, -0.05) is 30.3 Å². The molecule has 0 spiro atoms. The fourth-order valence-electron chi connectivity index (χ4n) is 2.71. The summed E-state index contributed by atoms with van der Waals surface area (Å²) in [7, 11) is 0. The normalized spacial score (nSPS) is 15.9. The molecule has 0 radical (unpaired) electrons. The van der Waals surface area contributed by atoms with Gasteiger partial charge in [-0.25, -0.2) is 5.43 Å². The van der Waals surface area contributed by atoms with Crippen LogP contribution in [0.2, 0.25) is 0 Å². The summed E-state index contributed by atoms with van der Waals surface area (Å²) in [4.78, 5) is 12.1. The molecule has 0 aromatic heterocycles. The van der Waals surface area contributed by atoms with E-state index >= 15 is 0 Å². The highest BCUT2D eigenvalue weighted by molar-refractivity contribution is 6.03. The zero-order valence-electron chi connectivity index (χ0n) is 12.2. The third kappa shape index (κ3) is 3.17. The number of hydrogen-bond donors (Lipinski definition) is 2. The number of aromatic hydroxyl groups is 1. The van der Waals surface area contributed by atoms with E-state index in [0.29, 0.717) is 5.56 Å². The Hall–Kier alpha value is -2.62. The predicted octanol–water partition coefficient (Wildman–Crippen LogP) is 3.25. The molecule has 1 aliphatic carbocycles. The molecule has 4 heteroatoms. The summed E-state index contributed by atoms with van der Waals surface area (Å²) in [5.41, 5.74) is 6.32. The van der Waals surface area contributed by atoms with E-state index in [0.717, 1.165) is 37.0 Å². The molecule has 112 valence electrons. The predicted molar refractivity (Wildman–Crippen MR) is 86.1 cm³/mol. The number of hydrogen-bond acceptors (Lipinski definition) is 3. The maximum atomic E-state index is 12.1. The summed E-state index contributed by atoms with van der Waals surface area (Å²) in [6.07, 6.45) is 4.11. The van der Waals surface area contributed by atoms with Gasteiger partial charge in [0.2, 0.25) is 0 Å². The van der Waals surface area contributed by atoms with Gasteiger partial charge < -0.3 is 5.11 Å². The number of phenolic OH excluding ortho intramolecular Hbond substituents is 1. The first-order chi connectivity index (χ1) is 10.7. The van der Waals surface area contributed by atoms with E-state index in [1.54, 1.807) is 12.1 Å². The molecule has 0 aliphatic heterocycles. The van der Waals surface area contributed by atoms with Crippen LogP contribution in [0.1, 0.15) is 40.7 Å². The van der Waals surface area contributed by atoms with Gasteiger partial charge in [0, 0.05) is 11.1 Å². The second-order valence-corrected chi connectivity index (χ2v) is 5.41. The number of carbonyl (C=O) groups excluding carboxylic acids is 1. The lowest BCUT2D eigenvalue weighted by Crippen LogP contribution is -2.20. The number of hydrazone groups is 1. The maximum absolute atomic E-state index is 12.1. The van der Waals surface area contributed by atoms with Crippen molar-refractivity contribution in [2.75, 3.05) is 0 Å². The van der Waals surface area contributed by atoms with Gasteiger partial charge in [0.25, 0.3) is 5.91 Å². The molecule has 1 aliphatic rings. The van der Waals surface area contributed by atoms with E-state index in [2.05, 4.69) is 22.7 Å². The SMILES string of the molecule is O=C(N/N=C1\CCCCc2ccccc21)c1cccc(O)c1. The van der Waals surface area contributed by atoms with Crippen molar-refractivity contribution in [2.24, 2.45) is 5.10 Å². The number of nitrogens with one attached hydrogen (secondary N) is 1. The van der Waals surface area contributed by atoms with Crippen LogP contribution in [0.15, 0.2) is 53.6 Å². The van der Waals surface area contributed by atoms with Crippen molar-refractivity contribution >= 4 is 11.6 Å². The minimum absolute atomic E-state index is 0.0696. The zero-order chi connectivity index (χ0) is 15.4. The molecule has 0 bridgehead atoms. The molecule has 1 amide bonds. The van der Waals surface area contributed by atoms with Gasteiger partial charge in [0.1, 0.15) is 5.75 Å². The van der Waals surface area contributed by atoms with Crippen LogP contribution in [-0.2, 0) is 6.42 Å². The highest BCUT2D eigenvalue weighted by Crippen LogP contribution is 2.20. The molecule has 3 rings (SSSR count). The Bertz CT molecular complexity index is 723. The highest BCUT2D eigenvalue weighted by atomic mass is 16.3. The van der Waals surface area contributed by atoms with Crippen LogP contribution in [-0.4, -0.2) is 16.7 Å². The van der Waals surface area contributed by atoms with Crippen molar-refractivity contribution in [3.05, 3.63) is 65.2 Å². The van der Waals surface area contributed by atoms with Crippen LogP contribution < -0.4 is 5.43 Å². The number of benzene rings is 2. The number of aryl methyl sites for hydroxylation is 1. The first kappa shape index (κ1) is 14.3. The summed E-state index contributed by atoms with van der Waals surface area (Å²) in [5, 5.41) is 13.8. The first-order valence-corrected chi connectivity index (χ1v) is 7.48. The van der Waals surface area contributed by atoms with Crippen LogP contribution in [0, 0.1) is 0 Å². The summed E-state index contributed by atoms with van der Waals surface area (Å²) in [6, 6.07) is 14.5. The molecule has 0 unspecified atom stereocenters. The lowest BCUT2D eigenvalue weighted by atomic mass is 10.0. The first-order valence-electron chi connectivity index (χ1n) is 7.48. The molecular weight excluding hydrogens is 276 g/mol. The minimum atomic E-state index is -0.315. The van der Waals surface area contributed by atoms with E-state index in [4.69, 9.17) is 0 Å². The number of amides is 1. The fourth-order valence-corrected chi connectivity index (χ4v) is 2.71. The monoisotopic (exact) mass is 294 g/mol. The van der Waals surface area contributed by atoms with Gasteiger partial charge in [-0.3, -0.25) is 4.79 Å². The second-order valence-electron chi connectivity index (χ2n) is 5.41. The van der Waals surface area contributed by atoms with Gasteiger partial charge in [-0.15, -0.1) is 0 Å². The van der Waals surface area contributed by atoms with Crippen molar-refractivity contribution in [3.8, 4) is 5.75 Å². The van der Waals surface area contributed by atoms with Crippen molar-refractivity contribution in [1.29, 1.82) is 0 Å². The third-order valence-electron chi connectivity index (χ3n) is 3.84. The summed E-state index contributed by atoms with van der Waals surface area (Å²) in [6.45, 7) is 0. The largest absolute Gasteiger partial charge is 0.508 e. The van der Waals surface area contributed by atoms with Crippen LogP contribution in [0.4, 0.5) is 0 Å². The van der Waals surface area contributed by atoms with Crippen molar-refractivity contribution in [2.45, 2.75) is 25.7 Å². The highest BCUT2D eigenvalue weighted by Gasteiger charge is 2.14. The average molecular weight is 294 g/mol.